The van der Waals surface area contributed by atoms with Crippen LogP contribution >= 0.6 is 0 Å². The van der Waals surface area contributed by atoms with Gasteiger partial charge >= 0.3 is 0 Å². The molecule has 1 fully saturated rings. The van der Waals surface area contributed by atoms with Crippen molar-refractivity contribution < 1.29 is 4.79 Å². The first-order valence-electron chi connectivity index (χ1n) is 4.66. The molecule has 1 aliphatic heterocycles. The summed E-state index contributed by atoms with van der Waals surface area (Å²) in [6, 6.07) is 0. The molecule has 1 unspecified atom stereocenters. The van der Waals surface area contributed by atoms with E-state index in [9.17, 15) is 4.79 Å². The van der Waals surface area contributed by atoms with Crippen molar-refractivity contribution in [1.82, 2.24) is 20.3 Å². The monoisotopic (exact) mass is 194 g/mol. The van der Waals surface area contributed by atoms with Gasteiger partial charge in [-0.05, 0) is 13.8 Å². The molecular formula is C9H14N4O. The lowest BCUT2D eigenvalue weighted by atomic mass is 9.87. The number of aromatic nitrogens is 3. The molecule has 1 aromatic rings. The van der Waals surface area contributed by atoms with Gasteiger partial charge in [0.15, 0.2) is 0 Å². The lowest BCUT2D eigenvalue weighted by Crippen LogP contribution is -2.38. The third kappa shape index (κ3) is 1.38. The molecule has 1 N–H and O–H groups in total. The van der Waals surface area contributed by atoms with Crippen LogP contribution in [0.15, 0.2) is 6.20 Å². The average Bonchev–Trinajstić information content (AvgIpc) is 2.55. The molecule has 2 rings (SSSR count). The Kier molecular flexibility index (Phi) is 1.83. The van der Waals surface area contributed by atoms with Gasteiger partial charge in [-0.2, -0.15) is 0 Å². The molecule has 0 aromatic carbocycles. The summed E-state index contributed by atoms with van der Waals surface area (Å²) in [5.41, 5.74) is 0.670. The van der Waals surface area contributed by atoms with Crippen molar-refractivity contribution in [2.45, 2.75) is 31.7 Å². The normalized spacial score (nSPS) is 25.1. The maximum Gasteiger partial charge on any atom is 0.221 e. The minimum atomic E-state index is -0.215. The number of amides is 1. The summed E-state index contributed by atoms with van der Waals surface area (Å²) in [5, 5.41) is 10.9. The molecule has 1 saturated heterocycles. The number of nitrogens with one attached hydrogen (secondary N) is 1. The molecule has 1 atom stereocenters. The number of carbonyl (C=O) groups excluding carboxylic acids is 1. The molecule has 5 nitrogen and oxygen atoms in total. The third-order valence-electron chi connectivity index (χ3n) is 2.70. The Balaban J connectivity index is 2.31. The van der Waals surface area contributed by atoms with Gasteiger partial charge in [-0.3, -0.25) is 9.48 Å². The predicted molar refractivity (Wildman–Crippen MR) is 50.6 cm³/mol. The van der Waals surface area contributed by atoms with E-state index in [1.54, 1.807) is 4.68 Å². The first-order valence-corrected chi connectivity index (χ1v) is 4.66. The highest BCUT2D eigenvalue weighted by Gasteiger charge is 2.41. The molecule has 0 spiro atoms. The molecule has 0 bridgehead atoms. The third-order valence-corrected chi connectivity index (χ3v) is 2.70. The summed E-state index contributed by atoms with van der Waals surface area (Å²) in [5.74, 6) is 0.217. The second kappa shape index (κ2) is 2.80. The van der Waals surface area contributed by atoms with E-state index in [-0.39, 0.29) is 17.4 Å². The zero-order valence-electron chi connectivity index (χ0n) is 8.61. The van der Waals surface area contributed by atoms with Gasteiger partial charge in [0.2, 0.25) is 5.91 Å². The van der Waals surface area contributed by atoms with Crippen molar-refractivity contribution >= 4 is 5.91 Å². The molecule has 1 aromatic heterocycles. The number of aryl methyl sites for hydroxylation is 1. The largest absolute Gasteiger partial charge is 0.351 e. The topological polar surface area (TPSA) is 59.8 Å². The van der Waals surface area contributed by atoms with Gasteiger partial charge in [0.1, 0.15) is 0 Å². The average molecular weight is 194 g/mol. The van der Waals surface area contributed by atoms with E-state index in [1.165, 1.54) is 0 Å². The van der Waals surface area contributed by atoms with E-state index in [4.69, 9.17) is 0 Å². The van der Waals surface area contributed by atoms with Crippen LogP contribution in [-0.2, 0) is 11.8 Å². The predicted octanol–water partition coefficient (Wildman–Crippen LogP) is 0.197. The number of carbonyl (C=O) groups is 1. The van der Waals surface area contributed by atoms with Crippen molar-refractivity contribution in [3.8, 4) is 0 Å². The molecule has 0 aliphatic carbocycles. The highest BCUT2D eigenvalue weighted by atomic mass is 16.2. The highest BCUT2D eigenvalue weighted by molar-refractivity contribution is 5.81. The van der Waals surface area contributed by atoms with Crippen LogP contribution in [0.5, 0.6) is 0 Å². The second-order valence-electron chi connectivity index (χ2n) is 4.34. The summed E-state index contributed by atoms with van der Waals surface area (Å²) < 4.78 is 1.66. The SMILES string of the molecule is Cn1cc(C2CC(=O)NC2(C)C)nn1. The lowest BCUT2D eigenvalue weighted by molar-refractivity contribution is -0.119. The number of nitrogens with zero attached hydrogens (tertiary/aromatic N) is 3. The van der Waals surface area contributed by atoms with Crippen LogP contribution in [-0.4, -0.2) is 26.4 Å². The fraction of sp³-hybridized carbons (Fsp3) is 0.667. The van der Waals surface area contributed by atoms with Crippen LogP contribution in [0.25, 0.3) is 0 Å². The van der Waals surface area contributed by atoms with Gasteiger partial charge in [-0.25, -0.2) is 0 Å². The van der Waals surface area contributed by atoms with Gasteiger partial charge in [0, 0.05) is 31.1 Å². The summed E-state index contributed by atoms with van der Waals surface area (Å²) in [6.45, 7) is 4.02. The van der Waals surface area contributed by atoms with Gasteiger partial charge in [0.05, 0.1) is 5.69 Å². The standard InChI is InChI=1S/C9H14N4O/c1-9(2)6(4-8(14)10-9)7-5-13(3)12-11-7/h5-6H,4H2,1-3H3,(H,10,14). The van der Waals surface area contributed by atoms with E-state index in [2.05, 4.69) is 15.6 Å². The van der Waals surface area contributed by atoms with Crippen molar-refractivity contribution in [3.63, 3.8) is 0 Å². The zero-order chi connectivity index (χ0) is 10.3. The van der Waals surface area contributed by atoms with Crippen molar-refractivity contribution in [2.24, 2.45) is 7.05 Å². The highest BCUT2D eigenvalue weighted by Crippen LogP contribution is 2.34. The molecule has 1 amide bonds. The van der Waals surface area contributed by atoms with Gasteiger partial charge < -0.3 is 5.32 Å². The summed E-state index contributed by atoms with van der Waals surface area (Å²) in [6.07, 6.45) is 2.37. The van der Waals surface area contributed by atoms with Crippen LogP contribution in [0.4, 0.5) is 0 Å². The van der Waals surface area contributed by atoms with E-state index in [0.717, 1.165) is 5.69 Å². The van der Waals surface area contributed by atoms with Crippen LogP contribution in [0, 0.1) is 0 Å². The molecule has 1 aliphatic rings. The maximum absolute atomic E-state index is 11.3. The molecule has 76 valence electrons. The van der Waals surface area contributed by atoms with Crippen LogP contribution in [0.1, 0.15) is 31.9 Å². The zero-order valence-corrected chi connectivity index (χ0v) is 8.61. The Bertz CT molecular complexity index is 369. The van der Waals surface area contributed by atoms with Crippen molar-refractivity contribution in [3.05, 3.63) is 11.9 Å². The van der Waals surface area contributed by atoms with Crippen LogP contribution in [0.2, 0.25) is 0 Å². The Hall–Kier alpha value is -1.39. The van der Waals surface area contributed by atoms with Gasteiger partial charge in [-0.1, -0.05) is 5.21 Å². The molecular weight excluding hydrogens is 180 g/mol. The van der Waals surface area contributed by atoms with E-state index >= 15 is 0 Å². The Morgan fingerprint density at radius 3 is 2.79 bits per heavy atom. The summed E-state index contributed by atoms with van der Waals surface area (Å²) in [4.78, 5) is 11.3. The Morgan fingerprint density at radius 1 is 1.64 bits per heavy atom. The molecule has 0 saturated carbocycles. The first kappa shape index (κ1) is 9.18. The van der Waals surface area contributed by atoms with Gasteiger partial charge in [0.25, 0.3) is 0 Å². The number of rotatable bonds is 1. The van der Waals surface area contributed by atoms with Gasteiger partial charge in [-0.15, -0.1) is 5.10 Å². The smallest absolute Gasteiger partial charge is 0.221 e. The lowest BCUT2D eigenvalue weighted by Gasteiger charge is -2.24. The first-order chi connectivity index (χ1) is 6.49. The van der Waals surface area contributed by atoms with E-state index in [1.807, 2.05) is 27.1 Å². The maximum atomic E-state index is 11.3. The molecule has 14 heavy (non-hydrogen) atoms. The van der Waals surface area contributed by atoms with Crippen molar-refractivity contribution in [1.29, 1.82) is 0 Å². The number of hydrogen-bond acceptors (Lipinski definition) is 3. The van der Waals surface area contributed by atoms with Crippen LogP contribution in [0.3, 0.4) is 0 Å². The number of hydrogen-bond donors (Lipinski definition) is 1. The van der Waals surface area contributed by atoms with Crippen LogP contribution < -0.4 is 5.32 Å². The van der Waals surface area contributed by atoms with Crippen molar-refractivity contribution in [2.75, 3.05) is 0 Å². The summed E-state index contributed by atoms with van der Waals surface area (Å²) in [7, 11) is 1.83. The minimum Gasteiger partial charge on any atom is -0.351 e. The molecule has 0 radical (unpaired) electrons. The fourth-order valence-electron chi connectivity index (χ4n) is 1.94. The Labute approximate surface area is 82.5 Å². The van der Waals surface area contributed by atoms with E-state index < -0.39 is 0 Å². The Morgan fingerprint density at radius 2 is 2.36 bits per heavy atom. The molecule has 5 heteroatoms. The molecule has 2 heterocycles. The second-order valence-corrected chi connectivity index (χ2v) is 4.34. The van der Waals surface area contributed by atoms with E-state index in [0.29, 0.717) is 6.42 Å². The quantitative estimate of drug-likeness (QED) is 0.694. The minimum absolute atomic E-state index is 0.0886. The fourth-order valence-corrected chi connectivity index (χ4v) is 1.94. The summed E-state index contributed by atoms with van der Waals surface area (Å²) >= 11 is 0.